The molecule has 1 radical (unpaired) electrons. The second-order valence-corrected chi connectivity index (χ2v) is 15.2. The van der Waals surface area contributed by atoms with Gasteiger partial charge in [-0.25, -0.2) is 0 Å². The van der Waals surface area contributed by atoms with Gasteiger partial charge in [0, 0.05) is 13.2 Å². The van der Waals surface area contributed by atoms with Crippen LogP contribution in [-0.2, 0) is 55.9 Å². The van der Waals surface area contributed by atoms with Crippen molar-refractivity contribution in [2.24, 2.45) is 5.41 Å². The first kappa shape index (κ1) is 58.9. The molecule has 9 rings (SSSR count). The third-order valence-corrected chi connectivity index (χ3v) is 9.72. The molecular weight excluding hydrogens is 1080 g/mol. The van der Waals surface area contributed by atoms with E-state index in [4.69, 9.17) is 36.6 Å². The largest absolute Gasteiger partial charge is 3.00 e. The van der Waals surface area contributed by atoms with Crippen molar-refractivity contribution in [3.8, 4) is 0 Å². The predicted molar refractivity (Wildman–Crippen MR) is 271 cm³/mol. The monoisotopic (exact) mass is 1140 g/mol. The Bertz CT molecular complexity index is 2130. The van der Waals surface area contributed by atoms with Crippen molar-refractivity contribution in [1.29, 1.82) is 0 Å². The minimum absolute atomic E-state index is 0. The Morgan fingerprint density at radius 1 is 0.338 bits per heavy atom. The number of hydrogen-bond donors (Lipinski definition) is 0. The summed E-state index contributed by atoms with van der Waals surface area (Å²) in [6.45, 7) is 5.68. The van der Waals surface area contributed by atoms with E-state index in [1.54, 1.807) is 0 Å². The standard InChI is InChI=1S/C41H36N6.2C6H6.C4H8O.3Fe.HI/c1-41(29-42-35-23-11-14-26-38(35)45-32-17-5-2-6-18-32,30-43-36-24-12-15-27-39(36)46-33-19-7-3-8-20-33)31-44-37-25-13-16-28-40(37)47-34-21-9-4-10-22-34;2*1-2-4-6-5-3-1;1-2-4-5-3-1;;;;/h2-28H,29-31H2,1H3;2*1-6H;1-4H2;;;;1H/q-6;;;;2*+2;+3;/p-1. The Kier molecular flexibility index (Phi) is 30.3. The van der Waals surface area contributed by atoms with E-state index in [1.165, 1.54) is 12.8 Å². The average molecular weight is 1140 g/mol. The minimum atomic E-state index is -0.417. The number of rotatable bonds is 15. The molecule has 1 fully saturated rings. The quantitative estimate of drug-likeness (QED) is 0.0742. The molecule has 1 heterocycles. The Morgan fingerprint density at radius 2 is 0.544 bits per heavy atom. The molecule has 0 atom stereocenters. The second kappa shape index (κ2) is 35.0. The zero-order valence-electron chi connectivity index (χ0n) is 38.0. The molecule has 0 N–H and O–H groups in total. The van der Waals surface area contributed by atoms with Gasteiger partial charge in [0.15, 0.2) is 0 Å². The van der Waals surface area contributed by atoms with E-state index < -0.39 is 5.41 Å². The van der Waals surface area contributed by atoms with E-state index in [-0.39, 0.29) is 75.2 Å². The first-order valence-electron chi connectivity index (χ1n) is 21.8. The van der Waals surface area contributed by atoms with Crippen molar-refractivity contribution < 1.29 is 79.9 Å². The summed E-state index contributed by atoms with van der Waals surface area (Å²) in [5.41, 5.74) is 7.24. The van der Waals surface area contributed by atoms with Crippen LogP contribution < -0.4 is 24.0 Å². The molecule has 1 saturated heterocycles. The Hall–Kier alpha value is -5.19. The molecule has 8 aromatic rings. The van der Waals surface area contributed by atoms with E-state index >= 15 is 0 Å². The SMILES string of the molecule is C1CCOC1.CC(C[N-]c1ccccc1[N-]c1ccccc1)(C[N-]c1ccccc1[N-]c1ccccc1)C[N-]c1ccccc1[N-]c1ccccc1.[Fe+2].[Fe+2].[Fe+3].[I-].c1ccccc1.c1ccccc1. The molecule has 1 aliphatic heterocycles. The smallest absolute Gasteiger partial charge is 1.00 e. The van der Waals surface area contributed by atoms with Crippen LogP contribution in [0.25, 0.3) is 31.9 Å². The van der Waals surface area contributed by atoms with E-state index in [9.17, 15) is 0 Å². The van der Waals surface area contributed by atoms with Gasteiger partial charge in [-0.2, -0.15) is 34.1 Å². The van der Waals surface area contributed by atoms with Crippen LogP contribution in [0.2, 0.25) is 0 Å². The van der Waals surface area contributed by atoms with Gasteiger partial charge in [-0.3, -0.25) is 0 Å². The molecular formula is C57H56Fe3IN6O. The number of para-hydroxylation sites is 9. The summed E-state index contributed by atoms with van der Waals surface area (Å²) < 4.78 is 4.94. The fraction of sp³-hybridized carbons (Fsp3) is 0.158. The molecule has 351 valence electrons. The van der Waals surface area contributed by atoms with Crippen LogP contribution in [0, 0.1) is 5.41 Å². The van der Waals surface area contributed by atoms with Crippen molar-refractivity contribution in [2.45, 2.75) is 19.8 Å². The number of nitrogens with zero attached hydrogens (tertiary/aromatic N) is 6. The van der Waals surface area contributed by atoms with Gasteiger partial charge in [0.25, 0.3) is 0 Å². The van der Waals surface area contributed by atoms with Crippen LogP contribution in [-0.4, -0.2) is 32.8 Å². The maximum Gasteiger partial charge on any atom is 3.00 e. The van der Waals surface area contributed by atoms with Crippen LogP contribution in [0.5, 0.6) is 0 Å². The van der Waals surface area contributed by atoms with E-state index in [1.807, 2.05) is 237 Å². The van der Waals surface area contributed by atoms with Gasteiger partial charge in [0.1, 0.15) is 0 Å². The first-order chi connectivity index (χ1) is 31.6. The van der Waals surface area contributed by atoms with E-state index in [0.29, 0.717) is 19.6 Å². The van der Waals surface area contributed by atoms with Crippen LogP contribution in [0.4, 0.5) is 51.2 Å². The van der Waals surface area contributed by atoms with Crippen LogP contribution in [0.15, 0.2) is 237 Å². The van der Waals surface area contributed by atoms with E-state index in [2.05, 4.69) is 6.92 Å². The second-order valence-electron chi connectivity index (χ2n) is 15.2. The molecule has 0 unspecified atom stereocenters. The third kappa shape index (κ3) is 22.3. The Labute approximate surface area is 453 Å². The zero-order valence-corrected chi connectivity index (χ0v) is 43.5. The van der Waals surface area contributed by atoms with Gasteiger partial charge in [-0.1, -0.05) is 249 Å². The maximum atomic E-state index is 5.12. The Balaban J connectivity index is 0.000000632. The third-order valence-electron chi connectivity index (χ3n) is 9.72. The number of hydrogen-bond acceptors (Lipinski definition) is 1. The summed E-state index contributed by atoms with van der Waals surface area (Å²) >= 11 is 0. The molecule has 7 nitrogen and oxygen atoms in total. The Morgan fingerprint density at radius 3 is 0.765 bits per heavy atom. The summed E-state index contributed by atoms with van der Waals surface area (Å²) in [5.74, 6) is 0. The van der Waals surface area contributed by atoms with Crippen molar-refractivity contribution in [3.05, 3.63) is 268 Å². The predicted octanol–water partition coefficient (Wildman–Crippen LogP) is 15.3. The summed E-state index contributed by atoms with van der Waals surface area (Å²) in [6.07, 6.45) is 2.56. The molecule has 11 heteroatoms. The van der Waals surface area contributed by atoms with Crippen molar-refractivity contribution in [2.75, 3.05) is 32.8 Å². The topological polar surface area (TPSA) is 93.8 Å². The number of halogens is 1. The van der Waals surface area contributed by atoms with Gasteiger partial charge < -0.3 is 60.6 Å². The molecule has 8 aromatic carbocycles. The molecule has 0 bridgehead atoms. The average Bonchev–Trinajstić information content (AvgIpc) is 3.97. The molecule has 68 heavy (non-hydrogen) atoms. The molecule has 0 saturated carbocycles. The van der Waals surface area contributed by atoms with Gasteiger partial charge >= 0.3 is 51.2 Å². The van der Waals surface area contributed by atoms with Gasteiger partial charge in [-0.05, 0) is 12.8 Å². The zero-order chi connectivity index (χ0) is 44.2. The molecule has 0 aromatic heterocycles. The summed E-state index contributed by atoms with van der Waals surface area (Å²) in [4.78, 5) is 0. The van der Waals surface area contributed by atoms with Crippen molar-refractivity contribution in [3.63, 3.8) is 0 Å². The molecule has 1 aliphatic rings. The van der Waals surface area contributed by atoms with Gasteiger partial charge in [-0.15, -0.1) is 36.7 Å². The van der Waals surface area contributed by atoms with Crippen LogP contribution >= 0.6 is 0 Å². The van der Waals surface area contributed by atoms with E-state index in [0.717, 1.165) is 64.4 Å². The maximum absolute atomic E-state index is 5.12. The fourth-order valence-electron chi connectivity index (χ4n) is 6.26. The summed E-state index contributed by atoms with van der Waals surface area (Å²) in [7, 11) is 0. The summed E-state index contributed by atoms with van der Waals surface area (Å²) in [6, 6.07) is 77.9. The number of benzene rings is 8. The normalized spacial score (nSPS) is 10.7. The van der Waals surface area contributed by atoms with Gasteiger partial charge in [0.2, 0.25) is 0 Å². The molecule has 0 amide bonds. The molecule has 0 aliphatic carbocycles. The van der Waals surface area contributed by atoms with Crippen molar-refractivity contribution in [1.82, 2.24) is 0 Å². The van der Waals surface area contributed by atoms with Crippen LogP contribution in [0.3, 0.4) is 0 Å². The van der Waals surface area contributed by atoms with Gasteiger partial charge in [0.05, 0.1) is 0 Å². The number of ether oxygens (including phenoxy) is 1. The first-order valence-corrected chi connectivity index (χ1v) is 21.8. The minimum Gasteiger partial charge on any atom is -1.00 e. The molecule has 0 spiro atoms. The fourth-order valence-corrected chi connectivity index (χ4v) is 6.26. The van der Waals surface area contributed by atoms with Crippen molar-refractivity contribution >= 4 is 51.2 Å². The van der Waals surface area contributed by atoms with Crippen LogP contribution in [0.1, 0.15) is 19.8 Å². The summed E-state index contributed by atoms with van der Waals surface area (Å²) in [5, 5.41) is 30.0.